The van der Waals surface area contributed by atoms with E-state index >= 15 is 0 Å². The van der Waals surface area contributed by atoms with Gasteiger partial charge in [-0.25, -0.2) is 4.79 Å². The molecule has 1 aliphatic rings. The average molecular weight is 456 g/mol. The lowest BCUT2D eigenvalue weighted by Gasteiger charge is -2.14. The molecule has 1 N–H and O–H groups in total. The highest BCUT2D eigenvalue weighted by Gasteiger charge is 2.35. The molecule has 34 heavy (non-hydrogen) atoms. The van der Waals surface area contributed by atoms with E-state index in [2.05, 4.69) is 5.32 Å². The van der Waals surface area contributed by atoms with Gasteiger partial charge in [-0.1, -0.05) is 60.7 Å². The van der Waals surface area contributed by atoms with E-state index in [0.717, 1.165) is 11.1 Å². The molecule has 3 amide bonds. The van der Waals surface area contributed by atoms with E-state index in [0.29, 0.717) is 6.42 Å². The molecule has 1 aliphatic heterocycles. The summed E-state index contributed by atoms with van der Waals surface area (Å²) in [5.41, 5.74) is 2.47. The minimum atomic E-state index is -0.742. The van der Waals surface area contributed by atoms with Crippen LogP contribution < -0.4 is 5.32 Å². The fourth-order valence-electron chi connectivity index (χ4n) is 3.83. The van der Waals surface area contributed by atoms with Gasteiger partial charge in [-0.3, -0.25) is 19.3 Å². The van der Waals surface area contributed by atoms with Crippen LogP contribution >= 0.6 is 0 Å². The number of imide groups is 1. The Hall–Kier alpha value is -4.26. The van der Waals surface area contributed by atoms with Crippen LogP contribution in [0.25, 0.3) is 0 Å². The lowest BCUT2D eigenvalue weighted by molar-refractivity contribution is -0.124. The van der Waals surface area contributed by atoms with E-state index < -0.39 is 24.4 Å². The van der Waals surface area contributed by atoms with Gasteiger partial charge in [-0.2, -0.15) is 0 Å². The monoisotopic (exact) mass is 456 g/mol. The molecule has 0 radical (unpaired) electrons. The molecule has 0 saturated carbocycles. The highest BCUT2D eigenvalue weighted by molar-refractivity contribution is 6.22. The SMILES string of the molecule is C[C@H](NC(=O)COC(=O)c1ccc2c(c1)C(=O)N(CCc1ccccc1)C2=O)c1ccccc1. The first-order valence-electron chi connectivity index (χ1n) is 11.0. The number of carbonyl (C=O) groups excluding carboxylic acids is 4. The summed E-state index contributed by atoms with van der Waals surface area (Å²) in [4.78, 5) is 51.3. The van der Waals surface area contributed by atoms with Crippen molar-refractivity contribution in [3.63, 3.8) is 0 Å². The zero-order valence-electron chi connectivity index (χ0n) is 18.7. The lowest BCUT2D eigenvalue weighted by atomic mass is 10.1. The molecule has 0 saturated heterocycles. The normalized spacial score (nSPS) is 13.4. The standard InChI is InChI=1S/C27H24N2O5/c1-18(20-10-6-3-7-11-20)28-24(30)17-34-27(33)21-12-13-22-23(16-21)26(32)29(25(22)31)15-14-19-8-4-2-5-9-19/h2-13,16,18H,14-15,17H2,1H3,(H,28,30)/t18-/m0/s1. The van der Waals surface area contributed by atoms with Gasteiger partial charge >= 0.3 is 5.97 Å². The number of nitrogens with one attached hydrogen (secondary N) is 1. The fraction of sp³-hybridized carbons (Fsp3) is 0.185. The number of nitrogens with zero attached hydrogens (tertiary/aromatic N) is 1. The Morgan fingerprint density at radius 3 is 2.24 bits per heavy atom. The topological polar surface area (TPSA) is 92.8 Å². The van der Waals surface area contributed by atoms with Crippen LogP contribution in [0, 0.1) is 0 Å². The second kappa shape index (κ2) is 10.1. The molecule has 0 bridgehead atoms. The van der Waals surface area contributed by atoms with Crippen molar-refractivity contribution in [3.05, 3.63) is 107 Å². The molecule has 3 aromatic rings. The van der Waals surface area contributed by atoms with E-state index in [1.165, 1.54) is 23.1 Å². The third-order valence-corrected chi connectivity index (χ3v) is 5.68. The van der Waals surface area contributed by atoms with Crippen molar-refractivity contribution in [1.82, 2.24) is 10.2 Å². The first-order chi connectivity index (χ1) is 16.4. The Bertz CT molecular complexity index is 1220. The molecule has 172 valence electrons. The number of ether oxygens (including phenoxy) is 1. The van der Waals surface area contributed by atoms with Crippen molar-refractivity contribution in [1.29, 1.82) is 0 Å². The molecule has 1 heterocycles. The maximum Gasteiger partial charge on any atom is 0.338 e. The van der Waals surface area contributed by atoms with Crippen LogP contribution in [0.3, 0.4) is 0 Å². The quantitative estimate of drug-likeness (QED) is 0.413. The minimum absolute atomic E-state index is 0.105. The number of hydrogen-bond acceptors (Lipinski definition) is 5. The second-order valence-electron chi connectivity index (χ2n) is 8.03. The zero-order valence-corrected chi connectivity index (χ0v) is 18.7. The molecule has 1 atom stereocenters. The predicted octanol–water partition coefficient (Wildman–Crippen LogP) is 3.56. The van der Waals surface area contributed by atoms with Crippen molar-refractivity contribution in [2.45, 2.75) is 19.4 Å². The third kappa shape index (κ3) is 5.04. The maximum absolute atomic E-state index is 12.8. The van der Waals surface area contributed by atoms with Crippen molar-refractivity contribution < 1.29 is 23.9 Å². The molecular formula is C27H24N2O5. The summed E-state index contributed by atoms with van der Waals surface area (Å²) in [5.74, 6) is -2.01. The maximum atomic E-state index is 12.8. The van der Waals surface area contributed by atoms with Crippen molar-refractivity contribution in [2.24, 2.45) is 0 Å². The number of esters is 1. The van der Waals surface area contributed by atoms with Gasteiger partial charge in [0.1, 0.15) is 0 Å². The van der Waals surface area contributed by atoms with Crippen molar-refractivity contribution in [2.75, 3.05) is 13.2 Å². The third-order valence-electron chi connectivity index (χ3n) is 5.68. The predicted molar refractivity (Wildman–Crippen MR) is 125 cm³/mol. The molecule has 3 aromatic carbocycles. The zero-order chi connectivity index (χ0) is 24.1. The summed E-state index contributed by atoms with van der Waals surface area (Å²) >= 11 is 0. The van der Waals surface area contributed by atoms with Gasteiger partial charge in [0.25, 0.3) is 17.7 Å². The number of rotatable bonds is 8. The van der Waals surface area contributed by atoms with E-state index in [-0.39, 0.29) is 35.2 Å². The Balaban J connectivity index is 1.35. The highest BCUT2D eigenvalue weighted by Crippen LogP contribution is 2.24. The van der Waals surface area contributed by atoms with Gasteiger partial charge in [0.2, 0.25) is 0 Å². The first kappa shape index (κ1) is 22.9. The lowest BCUT2D eigenvalue weighted by Crippen LogP contribution is -2.31. The van der Waals surface area contributed by atoms with Gasteiger partial charge in [0.05, 0.1) is 22.7 Å². The number of carbonyl (C=O) groups is 4. The number of amides is 3. The van der Waals surface area contributed by atoms with Crippen molar-refractivity contribution >= 4 is 23.7 Å². The Labute approximate surface area is 197 Å². The van der Waals surface area contributed by atoms with Crippen LogP contribution in [0.5, 0.6) is 0 Å². The molecule has 0 aromatic heterocycles. The summed E-state index contributed by atoms with van der Waals surface area (Å²) in [6, 6.07) is 23.0. The molecule has 7 heteroatoms. The van der Waals surface area contributed by atoms with E-state index in [1.54, 1.807) is 0 Å². The average Bonchev–Trinajstić information content (AvgIpc) is 3.11. The highest BCUT2D eigenvalue weighted by atomic mass is 16.5. The van der Waals surface area contributed by atoms with E-state index in [4.69, 9.17) is 4.74 Å². The summed E-state index contributed by atoms with van der Waals surface area (Å²) in [7, 11) is 0. The van der Waals surface area contributed by atoms with Crippen LogP contribution in [0.2, 0.25) is 0 Å². The van der Waals surface area contributed by atoms with E-state index in [9.17, 15) is 19.2 Å². The molecule has 4 rings (SSSR count). The number of benzene rings is 3. The summed E-state index contributed by atoms with van der Waals surface area (Å²) in [6.07, 6.45) is 0.539. The van der Waals surface area contributed by atoms with Gasteiger partial charge in [-0.15, -0.1) is 0 Å². The summed E-state index contributed by atoms with van der Waals surface area (Å²) in [5, 5.41) is 2.77. The van der Waals surface area contributed by atoms with Gasteiger partial charge in [0.15, 0.2) is 6.61 Å². The molecular weight excluding hydrogens is 432 g/mol. The summed E-state index contributed by atoms with van der Waals surface area (Å²) < 4.78 is 5.12. The van der Waals surface area contributed by atoms with Gasteiger partial charge in [-0.05, 0) is 42.7 Å². The molecule has 0 fully saturated rings. The Morgan fingerprint density at radius 1 is 0.882 bits per heavy atom. The van der Waals surface area contributed by atoms with Gasteiger partial charge in [0, 0.05) is 6.54 Å². The molecule has 0 aliphatic carbocycles. The van der Waals surface area contributed by atoms with E-state index in [1.807, 2.05) is 67.6 Å². The van der Waals surface area contributed by atoms with Crippen LogP contribution in [0.1, 0.15) is 55.2 Å². The number of fused-ring (bicyclic) bond motifs is 1. The largest absolute Gasteiger partial charge is 0.452 e. The van der Waals surface area contributed by atoms with Crippen LogP contribution in [-0.2, 0) is 16.0 Å². The minimum Gasteiger partial charge on any atom is -0.452 e. The molecule has 0 unspecified atom stereocenters. The molecule has 0 spiro atoms. The second-order valence-corrected chi connectivity index (χ2v) is 8.03. The van der Waals surface area contributed by atoms with Crippen LogP contribution in [0.15, 0.2) is 78.9 Å². The Morgan fingerprint density at radius 2 is 1.53 bits per heavy atom. The summed E-state index contributed by atoms with van der Waals surface area (Å²) in [6.45, 7) is 1.63. The number of hydrogen-bond donors (Lipinski definition) is 1. The Kier molecular flexibility index (Phi) is 6.82. The first-order valence-corrected chi connectivity index (χ1v) is 11.0. The van der Waals surface area contributed by atoms with Gasteiger partial charge < -0.3 is 10.1 Å². The molecule has 7 nitrogen and oxygen atoms in total. The fourth-order valence-corrected chi connectivity index (χ4v) is 3.83. The smallest absolute Gasteiger partial charge is 0.338 e. The van der Waals surface area contributed by atoms with Crippen LogP contribution in [-0.4, -0.2) is 41.7 Å². The van der Waals surface area contributed by atoms with Crippen LogP contribution in [0.4, 0.5) is 0 Å². The van der Waals surface area contributed by atoms with Crippen molar-refractivity contribution in [3.8, 4) is 0 Å².